The second kappa shape index (κ2) is 7.21. The van der Waals surface area contributed by atoms with Crippen LogP contribution in [0.25, 0.3) is 17.0 Å². The van der Waals surface area contributed by atoms with Crippen molar-refractivity contribution in [3.05, 3.63) is 70.9 Å². The molecule has 4 N–H and O–H groups in total. The summed E-state index contributed by atoms with van der Waals surface area (Å²) >= 11 is 6.29. The molecule has 0 bridgehead atoms. The van der Waals surface area contributed by atoms with Crippen molar-refractivity contribution in [1.29, 1.82) is 0 Å². The fourth-order valence-corrected chi connectivity index (χ4v) is 2.71. The Labute approximate surface area is 148 Å². The first-order valence-corrected chi connectivity index (χ1v) is 7.76. The Balaban J connectivity index is 1.89. The van der Waals surface area contributed by atoms with Crippen LogP contribution in [0, 0.1) is 0 Å². The zero-order valence-corrected chi connectivity index (χ0v) is 13.7. The number of aromatic nitrogens is 1. The third-order valence-electron chi connectivity index (χ3n) is 3.60. The minimum atomic E-state index is -0.667. The molecule has 0 saturated heterocycles. The Bertz CT molecular complexity index is 979. The van der Waals surface area contributed by atoms with E-state index < -0.39 is 11.8 Å². The van der Waals surface area contributed by atoms with Crippen LogP contribution in [0.2, 0.25) is 5.02 Å². The molecule has 2 amide bonds. The molecule has 0 aliphatic carbocycles. The summed E-state index contributed by atoms with van der Waals surface area (Å²) in [4.78, 5) is 26.7. The number of aromatic amines is 1. The van der Waals surface area contributed by atoms with Crippen LogP contribution in [0.4, 0.5) is 5.69 Å². The smallest absolute Gasteiger partial charge is 0.273 e. The molecule has 2 aromatic carbocycles. The summed E-state index contributed by atoms with van der Waals surface area (Å²) in [5, 5.41) is 12.4. The summed E-state index contributed by atoms with van der Waals surface area (Å²) < 4.78 is 0. The molecule has 3 rings (SSSR count). The zero-order valence-electron chi connectivity index (χ0n) is 12.9. The lowest BCUT2D eigenvalue weighted by atomic mass is 10.1. The highest BCUT2D eigenvalue weighted by Gasteiger charge is 2.17. The van der Waals surface area contributed by atoms with Crippen molar-refractivity contribution < 1.29 is 14.8 Å². The quantitative estimate of drug-likeness (QED) is 0.327. The number of hydrogen-bond acceptors (Lipinski definition) is 3. The Morgan fingerprint density at radius 3 is 2.56 bits per heavy atom. The van der Waals surface area contributed by atoms with E-state index in [1.165, 1.54) is 11.6 Å². The Morgan fingerprint density at radius 1 is 1.08 bits per heavy atom. The van der Waals surface area contributed by atoms with Crippen molar-refractivity contribution in [2.45, 2.75) is 0 Å². The number of carbonyl (C=O) groups is 2. The lowest BCUT2D eigenvalue weighted by Gasteiger charge is -2.08. The van der Waals surface area contributed by atoms with Gasteiger partial charge in [-0.05, 0) is 23.8 Å². The fourth-order valence-electron chi connectivity index (χ4n) is 2.41. The number of fused-ring (bicyclic) bond motifs is 1. The molecule has 126 valence electrons. The lowest BCUT2D eigenvalue weighted by Crippen LogP contribution is -2.15. The Hall–Kier alpha value is -3.09. The van der Waals surface area contributed by atoms with E-state index in [2.05, 4.69) is 10.3 Å². The number of benzene rings is 2. The van der Waals surface area contributed by atoms with Crippen LogP contribution < -0.4 is 10.8 Å². The van der Waals surface area contributed by atoms with Crippen molar-refractivity contribution in [2.24, 2.45) is 0 Å². The van der Waals surface area contributed by atoms with E-state index in [1.54, 1.807) is 24.3 Å². The van der Waals surface area contributed by atoms with Crippen LogP contribution in [0.5, 0.6) is 0 Å². The predicted octanol–water partition coefficient (Wildman–Crippen LogP) is 3.59. The third-order valence-corrected chi connectivity index (χ3v) is 4.00. The number of carbonyl (C=O) groups excluding carboxylic acids is 2. The highest BCUT2D eigenvalue weighted by Crippen LogP contribution is 2.28. The van der Waals surface area contributed by atoms with Gasteiger partial charge in [-0.3, -0.25) is 14.8 Å². The van der Waals surface area contributed by atoms with Gasteiger partial charge >= 0.3 is 0 Å². The highest BCUT2D eigenvalue weighted by molar-refractivity contribution is 6.39. The summed E-state index contributed by atoms with van der Waals surface area (Å²) in [5.41, 5.74) is 3.64. The molecule has 1 heterocycles. The van der Waals surface area contributed by atoms with Gasteiger partial charge in [-0.1, -0.05) is 48.0 Å². The number of rotatable bonds is 4. The molecule has 0 saturated carbocycles. The van der Waals surface area contributed by atoms with E-state index in [0.29, 0.717) is 16.3 Å². The van der Waals surface area contributed by atoms with E-state index in [4.69, 9.17) is 16.8 Å². The molecule has 0 aliphatic rings. The van der Waals surface area contributed by atoms with Crippen LogP contribution in [0.3, 0.4) is 0 Å². The number of nitrogens with one attached hydrogen (secondary N) is 3. The molecule has 1 aromatic heterocycles. The van der Waals surface area contributed by atoms with E-state index >= 15 is 0 Å². The molecule has 3 aromatic rings. The largest absolute Gasteiger partial charge is 0.349 e. The molecule has 0 fully saturated rings. The number of hydroxylamine groups is 1. The first-order valence-electron chi connectivity index (χ1n) is 7.39. The van der Waals surface area contributed by atoms with Gasteiger partial charge in [-0.2, -0.15) is 0 Å². The second-order valence-corrected chi connectivity index (χ2v) is 5.59. The zero-order chi connectivity index (χ0) is 17.8. The Morgan fingerprint density at radius 2 is 1.80 bits per heavy atom. The maximum absolute atomic E-state index is 12.6. The molecule has 0 atom stereocenters. The van der Waals surface area contributed by atoms with Gasteiger partial charge in [-0.15, -0.1) is 0 Å². The second-order valence-electron chi connectivity index (χ2n) is 5.21. The first-order chi connectivity index (χ1) is 12.1. The maximum Gasteiger partial charge on any atom is 0.273 e. The Kier molecular flexibility index (Phi) is 4.83. The summed E-state index contributed by atoms with van der Waals surface area (Å²) in [7, 11) is 0. The molecular formula is C18H14ClN3O3. The molecule has 0 aliphatic heterocycles. The summed E-state index contributed by atoms with van der Waals surface area (Å²) in [5.74, 6) is -1.06. The standard InChI is InChI=1S/C18H14ClN3O3/c19-16-12-6-2-4-8-14(12)20-17(16)18(24)21-13-7-3-1-5-11(13)9-10-15(23)22-25/h1-10,20,25H,(H,21,24)(H,22,23)/b10-9+. The first kappa shape index (κ1) is 16.8. The maximum atomic E-state index is 12.6. The normalized spacial score (nSPS) is 11.0. The molecular weight excluding hydrogens is 342 g/mol. The summed E-state index contributed by atoms with van der Waals surface area (Å²) in [6, 6.07) is 14.3. The van der Waals surface area contributed by atoms with Gasteiger partial charge < -0.3 is 10.3 Å². The van der Waals surface area contributed by atoms with Crippen LogP contribution in [0.15, 0.2) is 54.6 Å². The molecule has 7 heteroatoms. The van der Waals surface area contributed by atoms with E-state index in [9.17, 15) is 9.59 Å². The third kappa shape index (κ3) is 3.55. The molecule has 6 nitrogen and oxygen atoms in total. The molecule has 0 unspecified atom stereocenters. The van der Waals surface area contributed by atoms with Crippen molar-refractivity contribution in [3.8, 4) is 0 Å². The van der Waals surface area contributed by atoms with Crippen LogP contribution in [-0.4, -0.2) is 22.0 Å². The molecule has 0 spiro atoms. The number of hydrogen-bond donors (Lipinski definition) is 4. The summed E-state index contributed by atoms with van der Waals surface area (Å²) in [6.45, 7) is 0. The fraction of sp³-hybridized carbons (Fsp3) is 0. The topological polar surface area (TPSA) is 94.2 Å². The van der Waals surface area contributed by atoms with Gasteiger partial charge in [-0.25, -0.2) is 5.48 Å². The number of halogens is 1. The van der Waals surface area contributed by atoms with Crippen molar-refractivity contribution in [1.82, 2.24) is 10.5 Å². The van der Waals surface area contributed by atoms with E-state index in [0.717, 1.165) is 17.0 Å². The van der Waals surface area contributed by atoms with E-state index in [-0.39, 0.29) is 5.69 Å². The van der Waals surface area contributed by atoms with Gasteiger partial charge in [0.05, 0.1) is 5.02 Å². The predicted molar refractivity (Wildman–Crippen MR) is 96.7 cm³/mol. The van der Waals surface area contributed by atoms with E-state index in [1.807, 2.05) is 24.3 Å². The van der Waals surface area contributed by atoms with Crippen molar-refractivity contribution in [3.63, 3.8) is 0 Å². The minimum absolute atomic E-state index is 0.259. The molecule has 25 heavy (non-hydrogen) atoms. The van der Waals surface area contributed by atoms with Crippen molar-refractivity contribution in [2.75, 3.05) is 5.32 Å². The molecule has 0 radical (unpaired) electrons. The average Bonchev–Trinajstić information content (AvgIpc) is 2.98. The van der Waals surface area contributed by atoms with Crippen molar-refractivity contribution >= 4 is 46.1 Å². The lowest BCUT2D eigenvalue weighted by molar-refractivity contribution is -0.124. The van der Waals surface area contributed by atoms with Gasteiger partial charge in [0.2, 0.25) is 0 Å². The van der Waals surface area contributed by atoms with Gasteiger partial charge in [0.1, 0.15) is 5.69 Å². The van der Waals surface area contributed by atoms with Crippen LogP contribution in [0.1, 0.15) is 16.1 Å². The van der Waals surface area contributed by atoms with Crippen LogP contribution >= 0.6 is 11.6 Å². The SMILES string of the molecule is O=C(/C=C/c1ccccc1NC(=O)c1[nH]c2ccccc2c1Cl)NO. The van der Waals surface area contributed by atoms with Gasteiger partial charge in [0.15, 0.2) is 0 Å². The summed E-state index contributed by atoms with van der Waals surface area (Å²) in [6.07, 6.45) is 2.63. The minimum Gasteiger partial charge on any atom is -0.349 e. The monoisotopic (exact) mass is 355 g/mol. The number of anilines is 1. The van der Waals surface area contributed by atoms with Gasteiger partial charge in [0, 0.05) is 22.7 Å². The van der Waals surface area contributed by atoms with Crippen LogP contribution in [-0.2, 0) is 4.79 Å². The number of H-pyrrole nitrogens is 1. The average molecular weight is 356 g/mol. The van der Waals surface area contributed by atoms with Gasteiger partial charge in [0.25, 0.3) is 11.8 Å². The number of para-hydroxylation sites is 2. The number of amides is 2. The highest BCUT2D eigenvalue weighted by atomic mass is 35.5.